The summed E-state index contributed by atoms with van der Waals surface area (Å²) in [6.07, 6.45) is 1.83. The van der Waals surface area contributed by atoms with E-state index < -0.39 is 0 Å². The van der Waals surface area contributed by atoms with Gasteiger partial charge in [-0.2, -0.15) is 0 Å². The van der Waals surface area contributed by atoms with Crippen molar-refractivity contribution in [3.63, 3.8) is 0 Å². The van der Waals surface area contributed by atoms with Crippen LogP contribution in [-0.2, 0) is 10.2 Å². The molecule has 1 aromatic heterocycles. The summed E-state index contributed by atoms with van der Waals surface area (Å²) in [5.74, 6) is 1.36. The molecule has 0 spiro atoms. The van der Waals surface area contributed by atoms with Crippen molar-refractivity contribution in [1.82, 2.24) is 5.32 Å². The maximum Gasteiger partial charge on any atom is 0.254 e. The van der Waals surface area contributed by atoms with Crippen molar-refractivity contribution < 1.29 is 13.9 Å². The van der Waals surface area contributed by atoms with Crippen LogP contribution in [0.1, 0.15) is 40.3 Å². The van der Waals surface area contributed by atoms with Gasteiger partial charge in [0.05, 0.1) is 5.56 Å². The molecule has 0 bridgehead atoms. The molecular weight excluding hydrogens is 290 g/mol. The lowest BCUT2D eigenvalue weighted by molar-refractivity contribution is 0.0487. The molecule has 1 aromatic carbocycles. The van der Waals surface area contributed by atoms with Gasteiger partial charge in [0.25, 0.3) is 5.91 Å². The average Bonchev–Trinajstić information content (AvgIpc) is 2.93. The van der Waals surface area contributed by atoms with Crippen LogP contribution in [0.25, 0.3) is 0 Å². The van der Waals surface area contributed by atoms with E-state index in [1.165, 1.54) is 5.56 Å². The minimum absolute atomic E-state index is 0.0537. The second-order valence-electron chi connectivity index (χ2n) is 6.27. The van der Waals surface area contributed by atoms with Crippen molar-refractivity contribution in [3.8, 4) is 0 Å². The van der Waals surface area contributed by atoms with Gasteiger partial charge >= 0.3 is 0 Å². The average molecular weight is 313 g/mol. The molecule has 1 aliphatic heterocycles. The van der Waals surface area contributed by atoms with E-state index >= 15 is 0 Å². The first-order valence-electron chi connectivity index (χ1n) is 8.09. The predicted octanol–water partition coefficient (Wildman–Crippen LogP) is 3.37. The molecule has 0 radical (unpaired) electrons. The highest BCUT2D eigenvalue weighted by Gasteiger charge is 2.35. The van der Waals surface area contributed by atoms with E-state index in [9.17, 15) is 4.79 Å². The van der Waals surface area contributed by atoms with Gasteiger partial charge in [0.15, 0.2) is 0 Å². The van der Waals surface area contributed by atoms with Crippen LogP contribution < -0.4 is 5.32 Å². The quantitative estimate of drug-likeness (QED) is 0.941. The van der Waals surface area contributed by atoms with E-state index in [1.54, 1.807) is 6.07 Å². The molecule has 1 saturated heterocycles. The van der Waals surface area contributed by atoms with Crippen LogP contribution in [0, 0.1) is 13.8 Å². The van der Waals surface area contributed by atoms with Gasteiger partial charge in [-0.25, -0.2) is 0 Å². The summed E-state index contributed by atoms with van der Waals surface area (Å²) >= 11 is 0. The molecule has 1 N–H and O–H groups in total. The molecular formula is C19H23NO3. The van der Waals surface area contributed by atoms with E-state index in [4.69, 9.17) is 9.15 Å². The van der Waals surface area contributed by atoms with Crippen LogP contribution in [0.4, 0.5) is 0 Å². The Kier molecular flexibility index (Phi) is 4.53. The molecule has 1 amide bonds. The molecule has 1 aliphatic rings. The molecule has 2 aromatic rings. The summed E-state index contributed by atoms with van der Waals surface area (Å²) in [4.78, 5) is 12.5. The molecule has 0 saturated carbocycles. The van der Waals surface area contributed by atoms with Crippen LogP contribution in [0.5, 0.6) is 0 Å². The summed E-state index contributed by atoms with van der Waals surface area (Å²) in [7, 11) is 0. The first-order chi connectivity index (χ1) is 11.1. The third-order valence-corrected chi connectivity index (χ3v) is 4.71. The molecule has 4 heteroatoms. The molecule has 0 atom stereocenters. The number of rotatable bonds is 4. The Morgan fingerprint density at radius 2 is 1.87 bits per heavy atom. The Morgan fingerprint density at radius 3 is 2.48 bits per heavy atom. The second-order valence-corrected chi connectivity index (χ2v) is 6.27. The molecule has 122 valence electrons. The van der Waals surface area contributed by atoms with Gasteiger partial charge in [0, 0.05) is 25.2 Å². The first kappa shape index (κ1) is 15.8. The van der Waals surface area contributed by atoms with E-state index in [2.05, 4.69) is 29.6 Å². The fraction of sp³-hybridized carbons (Fsp3) is 0.421. The number of hydrogen-bond acceptors (Lipinski definition) is 3. The van der Waals surface area contributed by atoms with Crippen LogP contribution >= 0.6 is 0 Å². The molecule has 0 unspecified atom stereocenters. The molecule has 1 fully saturated rings. The van der Waals surface area contributed by atoms with E-state index in [0.29, 0.717) is 17.9 Å². The van der Waals surface area contributed by atoms with E-state index in [0.717, 1.165) is 31.8 Å². The predicted molar refractivity (Wildman–Crippen MR) is 88.7 cm³/mol. The van der Waals surface area contributed by atoms with Gasteiger partial charge in [-0.3, -0.25) is 4.79 Å². The van der Waals surface area contributed by atoms with Crippen molar-refractivity contribution >= 4 is 5.91 Å². The fourth-order valence-corrected chi connectivity index (χ4v) is 3.32. The minimum Gasteiger partial charge on any atom is -0.466 e. The van der Waals surface area contributed by atoms with Crippen LogP contribution in [0.2, 0.25) is 0 Å². The van der Waals surface area contributed by atoms with Gasteiger partial charge in [0.1, 0.15) is 11.5 Å². The van der Waals surface area contributed by atoms with Gasteiger partial charge in [-0.1, -0.05) is 30.3 Å². The maximum atomic E-state index is 12.5. The van der Waals surface area contributed by atoms with Gasteiger partial charge < -0.3 is 14.5 Å². The Labute approximate surface area is 136 Å². The smallest absolute Gasteiger partial charge is 0.254 e. The zero-order valence-electron chi connectivity index (χ0n) is 13.7. The lowest BCUT2D eigenvalue weighted by Gasteiger charge is -2.38. The number of nitrogens with one attached hydrogen (secondary N) is 1. The monoisotopic (exact) mass is 313 g/mol. The van der Waals surface area contributed by atoms with Gasteiger partial charge in [-0.15, -0.1) is 0 Å². The third-order valence-electron chi connectivity index (χ3n) is 4.71. The summed E-state index contributed by atoms with van der Waals surface area (Å²) in [6, 6.07) is 12.2. The van der Waals surface area contributed by atoms with Gasteiger partial charge in [0.2, 0.25) is 0 Å². The van der Waals surface area contributed by atoms with Gasteiger partial charge in [-0.05, 0) is 38.3 Å². The highest BCUT2D eigenvalue weighted by Crippen LogP contribution is 2.34. The zero-order chi connectivity index (χ0) is 16.3. The lowest BCUT2D eigenvalue weighted by Crippen LogP contribution is -2.44. The topological polar surface area (TPSA) is 51.5 Å². The van der Waals surface area contributed by atoms with Crippen molar-refractivity contribution in [2.75, 3.05) is 19.8 Å². The largest absolute Gasteiger partial charge is 0.466 e. The second kappa shape index (κ2) is 6.59. The highest BCUT2D eigenvalue weighted by atomic mass is 16.5. The van der Waals surface area contributed by atoms with Crippen molar-refractivity contribution in [2.24, 2.45) is 0 Å². The van der Waals surface area contributed by atoms with Crippen LogP contribution in [0.3, 0.4) is 0 Å². The number of hydrogen-bond donors (Lipinski definition) is 1. The van der Waals surface area contributed by atoms with E-state index in [1.807, 2.05) is 19.9 Å². The summed E-state index contributed by atoms with van der Waals surface area (Å²) in [5.41, 5.74) is 1.84. The number of ether oxygens (including phenoxy) is 1. The minimum atomic E-state index is -0.0684. The molecule has 2 heterocycles. The molecule has 4 nitrogen and oxygen atoms in total. The van der Waals surface area contributed by atoms with E-state index in [-0.39, 0.29) is 11.3 Å². The number of carbonyl (C=O) groups excluding carboxylic acids is 1. The maximum absolute atomic E-state index is 12.5. The SMILES string of the molecule is Cc1cc(C(=O)NCC2(c3ccccc3)CCOCC2)c(C)o1. The molecule has 23 heavy (non-hydrogen) atoms. The zero-order valence-corrected chi connectivity index (χ0v) is 13.7. The van der Waals surface area contributed by atoms with Crippen LogP contribution in [0.15, 0.2) is 40.8 Å². The lowest BCUT2D eigenvalue weighted by atomic mass is 9.74. The number of furan rings is 1. The number of benzene rings is 1. The Balaban J connectivity index is 1.77. The Bertz CT molecular complexity index is 669. The number of carbonyl (C=O) groups is 1. The molecule has 0 aliphatic carbocycles. The standard InChI is InChI=1S/C19H23NO3/c1-14-12-17(15(2)23-14)18(21)20-13-19(8-10-22-11-9-19)16-6-4-3-5-7-16/h3-7,12H,8-11,13H2,1-2H3,(H,20,21). The Morgan fingerprint density at radius 1 is 1.17 bits per heavy atom. The van der Waals surface area contributed by atoms with Crippen molar-refractivity contribution in [2.45, 2.75) is 32.1 Å². The third kappa shape index (κ3) is 3.32. The van der Waals surface area contributed by atoms with Crippen LogP contribution in [-0.4, -0.2) is 25.7 Å². The highest BCUT2D eigenvalue weighted by molar-refractivity contribution is 5.95. The summed E-state index contributed by atoms with van der Waals surface area (Å²) in [5, 5.41) is 3.11. The summed E-state index contributed by atoms with van der Waals surface area (Å²) in [6.45, 7) is 5.75. The first-order valence-corrected chi connectivity index (χ1v) is 8.09. The number of aryl methyl sites for hydroxylation is 2. The normalized spacial score (nSPS) is 17.0. The summed E-state index contributed by atoms with van der Waals surface area (Å²) < 4.78 is 11.0. The van der Waals surface area contributed by atoms with Crippen molar-refractivity contribution in [1.29, 1.82) is 0 Å². The number of amides is 1. The Hall–Kier alpha value is -2.07. The molecule has 3 rings (SSSR count). The van der Waals surface area contributed by atoms with Crippen molar-refractivity contribution in [3.05, 3.63) is 59.0 Å². The fourth-order valence-electron chi connectivity index (χ4n) is 3.32.